The van der Waals surface area contributed by atoms with Crippen LogP contribution in [0.5, 0.6) is 0 Å². The second-order valence-electron chi connectivity index (χ2n) is 7.13. The van der Waals surface area contributed by atoms with E-state index in [4.69, 9.17) is 4.42 Å². The van der Waals surface area contributed by atoms with Crippen LogP contribution < -0.4 is 5.32 Å². The number of hydrogen-bond acceptors (Lipinski definition) is 3. The highest BCUT2D eigenvalue weighted by Gasteiger charge is 2.29. The molecule has 0 aliphatic heterocycles. The van der Waals surface area contributed by atoms with Gasteiger partial charge in [0, 0.05) is 5.69 Å². The first-order chi connectivity index (χ1) is 13.4. The molecule has 3 aromatic carbocycles. The van der Waals surface area contributed by atoms with Crippen molar-refractivity contribution in [1.82, 2.24) is 4.98 Å². The molecule has 140 valence electrons. The van der Waals surface area contributed by atoms with Crippen LogP contribution in [0.15, 0.2) is 77.2 Å². The number of benzene rings is 3. The molecule has 1 amide bonds. The van der Waals surface area contributed by atoms with Crippen molar-refractivity contribution >= 4 is 22.7 Å². The van der Waals surface area contributed by atoms with E-state index in [-0.39, 0.29) is 11.8 Å². The fourth-order valence-electron chi connectivity index (χ4n) is 3.03. The first-order valence-corrected chi connectivity index (χ1v) is 8.97. The van der Waals surface area contributed by atoms with Crippen molar-refractivity contribution in [2.24, 2.45) is 0 Å². The molecule has 5 heteroatoms. The number of amides is 1. The Bertz CT molecular complexity index is 1150. The molecule has 0 unspecified atom stereocenters. The molecule has 1 heterocycles. The zero-order chi connectivity index (χ0) is 19.7. The average Bonchev–Trinajstić information content (AvgIpc) is 3.12. The zero-order valence-electron chi connectivity index (χ0n) is 15.6. The molecule has 1 N–H and O–H groups in total. The number of aromatic nitrogens is 1. The highest BCUT2D eigenvalue weighted by molar-refractivity contribution is 5.99. The summed E-state index contributed by atoms with van der Waals surface area (Å²) in [4.78, 5) is 17.2. The van der Waals surface area contributed by atoms with E-state index in [0.717, 1.165) is 5.56 Å². The van der Waals surface area contributed by atoms with Gasteiger partial charge in [-0.05, 0) is 49.7 Å². The number of carbonyl (C=O) groups is 1. The number of carbonyl (C=O) groups excluding carboxylic acids is 1. The van der Waals surface area contributed by atoms with Gasteiger partial charge in [0.1, 0.15) is 11.3 Å². The molecule has 1 aromatic heterocycles. The Morgan fingerprint density at radius 1 is 1.00 bits per heavy atom. The van der Waals surface area contributed by atoms with Gasteiger partial charge in [0.25, 0.3) is 0 Å². The largest absolute Gasteiger partial charge is 0.436 e. The van der Waals surface area contributed by atoms with Gasteiger partial charge in [0.05, 0.1) is 11.0 Å². The quantitative estimate of drug-likeness (QED) is 0.509. The fourth-order valence-corrected chi connectivity index (χ4v) is 3.03. The molecular formula is C23H19FN2O2. The van der Waals surface area contributed by atoms with Gasteiger partial charge in [-0.25, -0.2) is 9.37 Å². The molecule has 0 bridgehead atoms. The van der Waals surface area contributed by atoms with Gasteiger partial charge >= 0.3 is 0 Å². The summed E-state index contributed by atoms with van der Waals surface area (Å²) in [5, 5.41) is 2.94. The van der Waals surface area contributed by atoms with Crippen LogP contribution in [0.2, 0.25) is 0 Å². The second kappa shape index (κ2) is 6.93. The summed E-state index contributed by atoms with van der Waals surface area (Å²) in [6, 6.07) is 21.1. The lowest BCUT2D eigenvalue weighted by molar-refractivity contribution is -0.120. The summed E-state index contributed by atoms with van der Waals surface area (Å²) >= 11 is 0. The van der Waals surface area contributed by atoms with E-state index in [0.29, 0.717) is 22.4 Å². The van der Waals surface area contributed by atoms with E-state index in [2.05, 4.69) is 10.3 Å². The summed E-state index contributed by atoms with van der Waals surface area (Å²) in [5.41, 5.74) is 2.21. The van der Waals surface area contributed by atoms with Gasteiger partial charge in [0.2, 0.25) is 11.8 Å². The van der Waals surface area contributed by atoms with E-state index in [1.807, 2.05) is 44.2 Å². The van der Waals surface area contributed by atoms with Crippen molar-refractivity contribution in [3.05, 3.63) is 84.2 Å². The minimum Gasteiger partial charge on any atom is -0.436 e. The first-order valence-electron chi connectivity index (χ1n) is 8.97. The Morgan fingerprint density at radius 3 is 2.46 bits per heavy atom. The number of nitrogens with zero attached hydrogens (tertiary/aromatic N) is 1. The Balaban J connectivity index is 1.62. The molecule has 0 saturated heterocycles. The van der Waals surface area contributed by atoms with E-state index in [1.54, 1.807) is 36.4 Å². The summed E-state index contributed by atoms with van der Waals surface area (Å²) in [6.45, 7) is 3.76. The Morgan fingerprint density at radius 2 is 1.71 bits per heavy atom. The lowest BCUT2D eigenvalue weighted by Crippen LogP contribution is -2.34. The minimum absolute atomic E-state index is 0.129. The molecule has 4 aromatic rings. The third kappa shape index (κ3) is 3.27. The van der Waals surface area contributed by atoms with E-state index in [9.17, 15) is 9.18 Å². The fraction of sp³-hybridized carbons (Fsp3) is 0.130. The Hall–Kier alpha value is -3.47. The third-order valence-corrected chi connectivity index (χ3v) is 4.81. The monoisotopic (exact) mass is 374 g/mol. The molecule has 28 heavy (non-hydrogen) atoms. The molecule has 0 saturated carbocycles. The van der Waals surface area contributed by atoms with E-state index >= 15 is 0 Å². The van der Waals surface area contributed by atoms with Gasteiger partial charge in [-0.2, -0.15) is 0 Å². The van der Waals surface area contributed by atoms with Crippen LogP contribution in [-0.2, 0) is 10.2 Å². The summed E-state index contributed by atoms with van der Waals surface area (Å²) in [7, 11) is 0. The standard InChI is InChI=1S/C23H19FN2O2/c1-23(2,15-8-4-3-5-9-15)22(27)25-16-12-13-20-19(14-16)26-21(28-20)17-10-6-7-11-18(17)24/h3-14H,1-2H3,(H,25,27). The number of nitrogens with one attached hydrogen (secondary N) is 1. The van der Waals surface area contributed by atoms with Crippen LogP contribution >= 0.6 is 0 Å². The van der Waals surface area contributed by atoms with Gasteiger partial charge in [-0.1, -0.05) is 42.5 Å². The normalized spacial score (nSPS) is 11.5. The summed E-state index contributed by atoms with van der Waals surface area (Å²) in [6.07, 6.45) is 0. The topological polar surface area (TPSA) is 55.1 Å². The third-order valence-electron chi connectivity index (χ3n) is 4.81. The van der Waals surface area contributed by atoms with Crippen LogP contribution in [0.1, 0.15) is 19.4 Å². The first kappa shape index (κ1) is 17.9. The van der Waals surface area contributed by atoms with E-state index in [1.165, 1.54) is 6.07 Å². The predicted molar refractivity (Wildman–Crippen MR) is 108 cm³/mol. The zero-order valence-corrected chi connectivity index (χ0v) is 15.6. The van der Waals surface area contributed by atoms with Crippen molar-refractivity contribution in [3.63, 3.8) is 0 Å². The Labute approximate surface area is 162 Å². The molecule has 4 nitrogen and oxygen atoms in total. The van der Waals surface area contributed by atoms with Crippen LogP contribution in [0, 0.1) is 5.82 Å². The average molecular weight is 374 g/mol. The SMILES string of the molecule is CC(C)(C(=O)Nc1ccc2oc(-c3ccccc3F)nc2c1)c1ccccc1. The molecular weight excluding hydrogens is 355 g/mol. The molecule has 0 aliphatic rings. The maximum atomic E-state index is 14.0. The maximum Gasteiger partial charge on any atom is 0.234 e. The highest BCUT2D eigenvalue weighted by atomic mass is 19.1. The molecule has 0 aliphatic carbocycles. The molecule has 4 rings (SSSR count). The van der Waals surface area contributed by atoms with Crippen LogP contribution in [0.25, 0.3) is 22.6 Å². The number of anilines is 1. The van der Waals surface area contributed by atoms with Gasteiger partial charge in [0.15, 0.2) is 5.58 Å². The lowest BCUT2D eigenvalue weighted by Gasteiger charge is -2.24. The molecule has 0 spiro atoms. The summed E-state index contributed by atoms with van der Waals surface area (Å²) < 4.78 is 19.7. The van der Waals surface area contributed by atoms with Gasteiger partial charge in [-0.3, -0.25) is 4.79 Å². The number of oxazole rings is 1. The van der Waals surface area contributed by atoms with Crippen LogP contribution in [0.4, 0.5) is 10.1 Å². The number of hydrogen-bond donors (Lipinski definition) is 1. The number of fused-ring (bicyclic) bond motifs is 1. The highest BCUT2D eigenvalue weighted by Crippen LogP contribution is 2.29. The van der Waals surface area contributed by atoms with Crippen LogP contribution in [0.3, 0.4) is 0 Å². The van der Waals surface area contributed by atoms with Crippen molar-refractivity contribution in [2.75, 3.05) is 5.32 Å². The van der Waals surface area contributed by atoms with Crippen molar-refractivity contribution in [1.29, 1.82) is 0 Å². The van der Waals surface area contributed by atoms with Gasteiger partial charge in [-0.15, -0.1) is 0 Å². The predicted octanol–water partition coefficient (Wildman–Crippen LogP) is 5.55. The summed E-state index contributed by atoms with van der Waals surface area (Å²) in [5.74, 6) is -0.316. The molecule has 0 radical (unpaired) electrons. The van der Waals surface area contributed by atoms with Crippen molar-refractivity contribution < 1.29 is 13.6 Å². The molecule has 0 fully saturated rings. The van der Waals surface area contributed by atoms with Gasteiger partial charge < -0.3 is 9.73 Å². The van der Waals surface area contributed by atoms with Crippen LogP contribution in [-0.4, -0.2) is 10.9 Å². The second-order valence-corrected chi connectivity index (χ2v) is 7.13. The van der Waals surface area contributed by atoms with Crippen molar-refractivity contribution in [2.45, 2.75) is 19.3 Å². The maximum absolute atomic E-state index is 14.0. The van der Waals surface area contributed by atoms with E-state index < -0.39 is 11.2 Å². The minimum atomic E-state index is -0.696. The van der Waals surface area contributed by atoms with Crippen molar-refractivity contribution in [3.8, 4) is 11.5 Å². The number of rotatable bonds is 4. The molecule has 0 atom stereocenters. The number of halogens is 1. The smallest absolute Gasteiger partial charge is 0.234 e. The Kier molecular flexibility index (Phi) is 4.43. The lowest BCUT2D eigenvalue weighted by atomic mass is 9.83.